The predicted octanol–water partition coefficient (Wildman–Crippen LogP) is 3.59. The topological polar surface area (TPSA) is 122 Å². The summed E-state index contributed by atoms with van der Waals surface area (Å²) in [7, 11) is 0. The van der Waals surface area contributed by atoms with Crippen molar-refractivity contribution >= 4 is 23.3 Å². The Morgan fingerprint density at radius 2 is 2.09 bits per heavy atom. The molecule has 0 saturated carbocycles. The molecule has 4 rings (SSSR count). The molecule has 1 atom stereocenters. The van der Waals surface area contributed by atoms with E-state index in [0.717, 1.165) is 12.8 Å². The Labute approximate surface area is 194 Å². The minimum atomic E-state index is -0.522. The summed E-state index contributed by atoms with van der Waals surface area (Å²) in [4.78, 5) is 41.9. The van der Waals surface area contributed by atoms with Gasteiger partial charge >= 0.3 is 6.03 Å². The van der Waals surface area contributed by atoms with Crippen LogP contribution in [-0.4, -0.2) is 50.9 Å². The maximum absolute atomic E-state index is 13.3. The number of nitro benzene ring substituents is 1. The van der Waals surface area contributed by atoms with E-state index in [2.05, 4.69) is 15.6 Å². The molecule has 1 fully saturated rings. The number of nitrogens with one attached hydrogen (secondary N) is 2. The highest BCUT2D eigenvalue weighted by Gasteiger charge is 2.27. The number of amides is 3. The van der Waals surface area contributed by atoms with Crippen molar-refractivity contribution in [2.75, 3.05) is 25.0 Å². The molecule has 3 aromatic rings. The molecule has 0 radical (unpaired) electrons. The molecule has 1 aliphatic rings. The van der Waals surface area contributed by atoms with E-state index in [1.165, 1.54) is 47.4 Å². The summed E-state index contributed by atoms with van der Waals surface area (Å²) in [6.45, 7) is 1.28. The molecule has 0 aliphatic carbocycles. The van der Waals surface area contributed by atoms with E-state index in [4.69, 9.17) is 0 Å². The number of nitrogens with zero attached hydrogens (tertiary/aromatic N) is 4. The smallest absolute Gasteiger partial charge is 0.319 e. The first-order valence-electron chi connectivity index (χ1n) is 10.8. The SMILES string of the molecule is O=C(NCC1CCCN(C(=O)c2ccc(-n3ccnc3)c([N+](=O)[O-])c2)C1)Nc1cccc(F)c1. The third-order valence-corrected chi connectivity index (χ3v) is 5.64. The zero-order chi connectivity index (χ0) is 24.1. The number of halogens is 1. The molecule has 1 aromatic heterocycles. The van der Waals surface area contributed by atoms with Crippen molar-refractivity contribution in [3.05, 3.63) is 82.7 Å². The van der Waals surface area contributed by atoms with E-state index >= 15 is 0 Å². The van der Waals surface area contributed by atoms with Crippen molar-refractivity contribution in [2.45, 2.75) is 12.8 Å². The minimum absolute atomic E-state index is 0.0242. The first-order chi connectivity index (χ1) is 16.4. The fourth-order valence-electron chi connectivity index (χ4n) is 4.00. The summed E-state index contributed by atoms with van der Waals surface area (Å²) in [5.41, 5.74) is 0.712. The van der Waals surface area contributed by atoms with Crippen molar-refractivity contribution in [3.8, 4) is 5.69 Å². The van der Waals surface area contributed by atoms with Crippen LogP contribution in [0, 0.1) is 21.8 Å². The van der Waals surface area contributed by atoms with Crippen molar-refractivity contribution in [3.63, 3.8) is 0 Å². The summed E-state index contributed by atoms with van der Waals surface area (Å²) in [6, 6.07) is 9.52. The average Bonchev–Trinajstić information content (AvgIpc) is 3.37. The molecule has 176 valence electrons. The van der Waals surface area contributed by atoms with Gasteiger partial charge in [0.2, 0.25) is 0 Å². The maximum Gasteiger partial charge on any atom is 0.319 e. The molecule has 2 aromatic carbocycles. The van der Waals surface area contributed by atoms with Gasteiger partial charge in [-0.05, 0) is 49.1 Å². The molecule has 2 heterocycles. The first kappa shape index (κ1) is 22.9. The number of aromatic nitrogens is 2. The summed E-state index contributed by atoms with van der Waals surface area (Å²) >= 11 is 0. The Hall–Kier alpha value is -4.28. The normalized spacial score (nSPS) is 15.6. The number of piperidine rings is 1. The molecule has 1 unspecified atom stereocenters. The second kappa shape index (κ2) is 10.1. The highest BCUT2D eigenvalue weighted by molar-refractivity contribution is 5.95. The van der Waals surface area contributed by atoms with Crippen molar-refractivity contribution in [2.24, 2.45) is 5.92 Å². The summed E-state index contributed by atoms with van der Waals surface area (Å²) in [6.07, 6.45) is 6.14. The quantitative estimate of drug-likeness (QED) is 0.425. The zero-order valence-electron chi connectivity index (χ0n) is 18.2. The maximum atomic E-state index is 13.3. The van der Waals surface area contributed by atoms with E-state index in [9.17, 15) is 24.1 Å². The van der Waals surface area contributed by atoms with Crippen LogP contribution in [0.4, 0.5) is 20.6 Å². The number of anilines is 1. The Balaban J connectivity index is 1.38. The van der Waals surface area contributed by atoms with Gasteiger partial charge in [0.15, 0.2) is 0 Å². The van der Waals surface area contributed by atoms with Crippen LogP contribution in [0.15, 0.2) is 61.2 Å². The minimum Gasteiger partial charge on any atom is -0.338 e. The molecule has 0 spiro atoms. The predicted molar refractivity (Wildman–Crippen MR) is 122 cm³/mol. The first-order valence-corrected chi connectivity index (χ1v) is 10.8. The van der Waals surface area contributed by atoms with E-state index in [1.54, 1.807) is 23.2 Å². The van der Waals surface area contributed by atoms with Crippen LogP contribution < -0.4 is 10.6 Å². The Kier molecular flexibility index (Phi) is 6.81. The summed E-state index contributed by atoms with van der Waals surface area (Å²) in [5, 5.41) is 16.9. The number of nitro groups is 1. The summed E-state index contributed by atoms with van der Waals surface area (Å²) < 4.78 is 14.8. The lowest BCUT2D eigenvalue weighted by Gasteiger charge is -2.33. The van der Waals surface area contributed by atoms with Gasteiger partial charge in [0.25, 0.3) is 11.6 Å². The van der Waals surface area contributed by atoms with Crippen molar-refractivity contribution in [1.29, 1.82) is 0 Å². The number of carbonyl (C=O) groups excluding carboxylic acids is 2. The van der Waals surface area contributed by atoms with E-state index in [1.807, 2.05) is 0 Å². The number of likely N-dealkylation sites (tertiary alicyclic amines) is 1. The van der Waals surface area contributed by atoms with Crippen LogP contribution in [0.25, 0.3) is 5.69 Å². The molecule has 2 N–H and O–H groups in total. The van der Waals surface area contributed by atoms with Gasteiger partial charge in [-0.1, -0.05) is 6.07 Å². The second-order valence-corrected chi connectivity index (χ2v) is 8.04. The number of hydrogen-bond donors (Lipinski definition) is 2. The molecule has 1 aliphatic heterocycles. The number of rotatable bonds is 6. The highest BCUT2D eigenvalue weighted by Crippen LogP contribution is 2.26. The van der Waals surface area contributed by atoms with Gasteiger partial charge in [0.1, 0.15) is 11.5 Å². The van der Waals surface area contributed by atoms with Gasteiger partial charge in [0, 0.05) is 49.3 Å². The molecule has 34 heavy (non-hydrogen) atoms. The van der Waals surface area contributed by atoms with Gasteiger partial charge in [-0.2, -0.15) is 0 Å². The Morgan fingerprint density at radius 1 is 1.24 bits per heavy atom. The lowest BCUT2D eigenvalue weighted by Crippen LogP contribution is -2.44. The summed E-state index contributed by atoms with van der Waals surface area (Å²) in [5.74, 6) is -0.720. The molecule has 10 nitrogen and oxygen atoms in total. The van der Waals surface area contributed by atoms with Gasteiger partial charge in [-0.3, -0.25) is 14.9 Å². The van der Waals surface area contributed by atoms with Gasteiger partial charge in [0.05, 0.1) is 11.3 Å². The lowest BCUT2D eigenvalue weighted by molar-refractivity contribution is -0.384. The van der Waals surface area contributed by atoms with Crippen LogP contribution in [0.3, 0.4) is 0 Å². The van der Waals surface area contributed by atoms with Gasteiger partial charge in [-0.25, -0.2) is 14.2 Å². The monoisotopic (exact) mass is 466 g/mol. The Bertz CT molecular complexity index is 1200. The third-order valence-electron chi connectivity index (χ3n) is 5.64. The Morgan fingerprint density at radius 3 is 2.82 bits per heavy atom. The highest BCUT2D eigenvalue weighted by atomic mass is 19.1. The number of hydrogen-bond acceptors (Lipinski definition) is 5. The molecule has 11 heteroatoms. The number of carbonyl (C=O) groups is 2. The van der Waals surface area contributed by atoms with Crippen molar-refractivity contribution in [1.82, 2.24) is 19.8 Å². The van der Waals surface area contributed by atoms with E-state index in [0.29, 0.717) is 31.0 Å². The zero-order valence-corrected chi connectivity index (χ0v) is 18.2. The fraction of sp³-hybridized carbons (Fsp3) is 0.261. The van der Waals surface area contributed by atoms with Crippen LogP contribution >= 0.6 is 0 Å². The second-order valence-electron chi connectivity index (χ2n) is 8.04. The standard InChI is InChI=1S/C23H23FN6O4/c24-18-4-1-5-19(12-18)27-23(32)26-13-16-3-2-9-28(14-16)22(31)17-6-7-20(21(11-17)30(33)34)29-10-8-25-15-29/h1,4-8,10-12,15-16H,2-3,9,13-14H2,(H2,26,27,32). The number of imidazole rings is 1. The van der Waals surface area contributed by atoms with Crippen molar-refractivity contribution < 1.29 is 18.9 Å². The molecule has 1 saturated heterocycles. The van der Waals surface area contributed by atoms with Gasteiger partial charge < -0.3 is 20.1 Å². The molecule has 3 amide bonds. The lowest BCUT2D eigenvalue weighted by atomic mass is 9.97. The van der Waals surface area contributed by atoms with Crippen LogP contribution in [0.1, 0.15) is 23.2 Å². The largest absolute Gasteiger partial charge is 0.338 e. The molecule has 0 bridgehead atoms. The van der Waals surface area contributed by atoms with Crippen LogP contribution in [0.2, 0.25) is 0 Å². The molecular formula is C23H23FN6O4. The number of benzene rings is 2. The van der Waals surface area contributed by atoms with E-state index < -0.39 is 16.8 Å². The van der Waals surface area contributed by atoms with E-state index in [-0.39, 0.29) is 23.1 Å². The average molecular weight is 466 g/mol. The fourth-order valence-corrected chi connectivity index (χ4v) is 4.00. The van der Waals surface area contributed by atoms with Crippen LogP contribution in [-0.2, 0) is 0 Å². The molecular weight excluding hydrogens is 443 g/mol. The third kappa shape index (κ3) is 5.37. The number of urea groups is 1. The van der Waals surface area contributed by atoms with Gasteiger partial charge in [-0.15, -0.1) is 0 Å². The van der Waals surface area contributed by atoms with Crippen LogP contribution in [0.5, 0.6) is 0 Å².